The Labute approximate surface area is 201 Å². The van der Waals surface area contributed by atoms with Crippen molar-refractivity contribution in [1.29, 1.82) is 0 Å². The Morgan fingerprint density at radius 3 is 2.51 bits per heavy atom. The van der Waals surface area contributed by atoms with Crippen molar-refractivity contribution < 1.29 is 32.5 Å². The van der Waals surface area contributed by atoms with Gasteiger partial charge in [0.2, 0.25) is 0 Å². The molecule has 184 valence electrons. The second-order valence-electron chi connectivity index (χ2n) is 8.56. The number of hydrogen-bond donors (Lipinski definition) is 1. The smallest absolute Gasteiger partial charge is 0.317 e. The molecule has 0 saturated carbocycles. The van der Waals surface area contributed by atoms with Gasteiger partial charge in [0.1, 0.15) is 23.4 Å². The topological polar surface area (TPSA) is 59.0 Å². The van der Waals surface area contributed by atoms with Crippen LogP contribution in [0.3, 0.4) is 0 Å². The molecule has 1 unspecified atom stereocenters. The van der Waals surface area contributed by atoms with Crippen LogP contribution in [0.2, 0.25) is 0 Å². The highest BCUT2D eigenvalue weighted by Crippen LogP contribution is 2.42. The van der Waals surface area contributed by atoms with Crippen LogP contribution in [0.25, 0.3) is 0 Å². The molecule has 1 N–H and O–H groups in total. The summed E-state index contributed by atoms with van der Waals surface area (Å²) in [5, 5.41) is 8.97. The lowest BCUT2D eigenvalue weighted by molar-refractivity contribution is -0.138. The predicted molar refractivity (Wildman–Crippen MR) is 125 cm³/mol. The number of rotatable bonds is 10. The molecule has 0 aliphatic carbocycles. The number of nitrogens with zero attached hydrogens (tertiary/aromatic N) is 1. The maximum atomic E-state index is 15.4. The molecule has 5 nitrogen and oxygen atoms in total. The number of hydrogen-bond acceptors (Lipinski definition) is 4. The van der Waals surface area contributed by atoms with Gasteiger partial charge in [0.05, 0.1) is 13.2 Å². The molecule has 1 heterocycles. The molecule has 1 aliphatic heterocycles. The number of ether oxygens (including phenoxy) is 2. The fraction of sp³-hybridized carbons (Fsp3) is 0.296. The minimum absolute atomic E-state index is 0.0631. The quantitative estimate of drug-likeness (QED) is 0.415. The lowest BCUT2D eigenvalue weighted by atomic mass is 9.94. The maximum absolute atomic E-state index is 15.4. The summed E-state index contributed by atoms with van der Waals surface area (Å²) in [5.74, 6) is -3.66. The van der Waals surface area contributed by atoms with E-state index in [4.69, 9.17) is 14.6 Å². The number of carboxylic acid groups (broad SMARTS) is 1. The summed E-state index contributed by atoms with van der Waals surface area (Å²) in [5.41, 5.74) is 1.00. The van der Waals surface area contributed by atoms with Gasteiger partial charge in [-0.15, -0.1) is 0 Å². The van der Waals surface area contributed by atoms with Gasteiger partial charge in [0.15, 0.2) is 0 Å². The van der Waals surface area contributed by atoms with Crippen LogP contribution < -0.4 is 9.47 Å². The zero-order valence-corrected chi connectivity index (χ0v) is 19.2. The van der Waals surface area contributed by atoms with E-state index in [1.54, 1.807) is 36.2 Å². The molecule has 0 amide bonds. The van der Waals surface area contributed by atoms with Gasteiger partial charge in [0.25, 0.3) is 5.92 Å². The van der Waals surface area contributed by atoms with Crippen LogP contribution in [0.4, 0.5) is 13.2 Å². The third-order valence-corrected chi connectivity index (χ3v) is 6.00. The molecule has 3 aromatic rings. The second kappa shape index (κ2) is 10.4. The summed E-state index contributed by atoms with van der Waals surface area (Å²) in [4.78, 5) is 12.6. The molecule has 35 heavy (non-hydrogen) atoms. The van der Waals surface area contributed by atoms with Crippen molar-refractivity contribution in [2.75, 3.05) is 26.7 Å². The maximum Gasteiger partial charge on any atom is 0.317 e. The standard InChI is InChI=1S/C27H26F3NO4/c1-31(17-26(32)33)15-13-24(18-5-9-20(28)10-6-18)35-21-11-7-19(8-12-21)27(29,30)23-3-2-4-25-22(23)14-16-34-25/h2-12,24H,13-17H2,1H3,(H,32,33). The number of likely N-dealkylation sites (N-methyl/N-ethyl adjacent to an activating group) is 1. The van der Waals surface area contributed by atoms with E-state index in [0.717, 1.165) is 0 Å². The minimum Gasteiger partial charge on any atom is -0.493 e. The number of halogens is 3. The van der Waals surface area contributed by atoms with Crippen molar-refractivity contribution in [1.82, 2.24) is 4.90 Å². The lowest BCUT2D eigenvalue weighted by Crippen LogP contribution is -2.28. The van der Waals surface area contributed by atoms with Gasteiger partial charge in [-0.3, -0.25) is 9.69 Å². The molecule has 0 aromatic heterocycles. The van der Waals surface area contributed by atoms with Crippen LogP contribution in [0.15, 0.2) is 66.7 Å². The van der Waals surface area contributed by atoms with Gasteiger partial charge >= 0.3 is 5.97 Å². The Balaban J connectivity index is 1.52. The number of fused-ring (bicyclic) bond motifs is 1. The largest absolute Gasteiger partial charge is 0.493 e. The number of aliphatic carboxylic acids is 1. The Morgan fingerprint density at radius 1 is 1.11 bits per heavy atom. The fourth-order valence-electron chi connectivity index (χ4n) is 4.20. The van der Waals surface area contributed by atoms with Gasteiger partial charge in [-0.1, -0.05) is 24.3 Å². The van der Waals surface area contributed by atoms with Crippen molar-refractivity contribution in [2.45, 2.75) is 24.9 Å². The molecule has 0 saturated heterocycles. The number of benzene rings is 3. The van der Waals surface area contributed by atoms with Gasteiger partial charge in [0, 0.05) is 36.1 Å². The van der Waals surface area contributed by atoms with Gasteiger partial charge in [-0.2, -0.15) is 8.78 Å². The van der Waals surface area contributed by atoms with Crippen LogP contribution >= 0.6 is 0 Å². The molecule has 1 aliphatic rings. The Bertz CT molecular complexity index is 1170. The third kappa shape index (κ3) is 5.77. The van der Waals surface area contributed by atoms with E-state index in [9.17, 15) is 9.18 Å². The van der Waals surface area contributed by atoms with Crippen LogP contribution in [-0.2, 0) is 17.1 Å². The molecule has 8 heteroatoms. The van der Waals surface area contributed by atoms with E-state index in [1.165, 1.54) is 42.5 Å². The summed E-state index contributed by atoms with van der Waals surface area (Å²) in [7, 11) is 1.68. The first-order valence-corrected chi connectivity index (χ1v) is 11.3. The van der Waals surface area contributed by atoms with Crippen molar-refractivity contribution in [2.24, 2.45) is 0 Å². The molecule has 1 atom stereocenters. The first kappa shape index (κ1) is 24.6. The first-order valence-electron chi connectivity index (χ1n) is 11.3. The van der Waals surface area contributed by atoms with Gasteiger partial charge in [-0.05, 0) is 55.1 Å². The lowest BCUT2D eigenvalue weighted by Gasteiger charge is -2.23. The van der Waals surface area contributed by atoms with Gasteiger partial charge in [-0.25, -0.2) is 4.39 Å². The molecular weight excluding hydrogens is 459 g/mol. The molecule has 0 bridgehead atoms. The van der Waals surface area contributed by atoms with E-state index < -0.39 is 18.0 Å². The van der Waals surface area contributed by atoms with Gasteiger partial charge < -0.3 is 14.6 Å². The highest BCUT2D eigenvalue weighted by Gasteiger charge is 2.38. The minimum atomic E-state index is -3.20. The van der Waals surface area contributed by atoms with E-state index in [1.807, 2.05) is 0 Å². The SMILES string of the molecule is CN(CCC(Oc1ccc(C(F)(F)c2cccc3c2CCO3)cc1)c1ccc(F)cc1)CC(=O)O. The van der Waals surface area contributed by atoms with E-state index in [0.29, 0.717) is 48.6 Å². The average Bonchev–Trinajstić information content (AvgIpc) is 3.31. The summed E-state index contributed by atoms with van der Waals surface area (Å²) in [6, 6.07) is 16.2. The first-order chi connectivity index (χ1) is 16.7. The van der Waals surface area contributed by atoms with Crippen molar-refractivity contribution in [3.8, 4) is 11.5 Å². The number of carboxylic acids is 1. The van der Waals surface area contributed by atoms with E-state index in [2.05, 4.69) is 0 Å². The van der Waals surface area contributed by atoms with Crippen molar-refractivity contribution >= 4 is 5.97 Å². The average molecular weight is 486 g/mol. The summed E-state index contributed by atoms with van der Waals surface area (Å²) in [6.45, 7) is 0.668. The summed E-state index contributed by atoms with van der Waals surface area (Å²) >= 11 is 0. The molecule has 0 fully saturated rings. The monoisotopic (exact) mass is 485 g/mol. The van der Waals surface area contributed by atoms with Crippen LogP contribution in [0, 0.1) is 5.82 Å². The van der Waals surface area contributed by atoms with Crippen molar-refractivity contribution in [3.63, 3.8) is 0 Å². The Kier molecular flexibility index (Phi) is 7.31. The number of carbonyl (C=O) groups is 1. The van der Waals surface area contributed by atoms with E-state index >= 15 is 8.78 Å². The normalized spacial score (nSPS) is 13.9. The number of alkyl halides is 2. The molecule has 3 aromatic carbocycles. The Hall–Kier alpha value is -3.52. The second-order valence-corrected chi connectivity index (χ2v) is 8.56. The fourth-order valence-corrected chi connectivity index (χ4v) is 4.20. The Morgan fingerprint density at radius 2 is 1.83 bits per heavy atom. The molecule has 0 spiro atoms. The molecule has 4 rings (SSSR count). The third-order valence-electron chi connectivity index (χ3n) is 6.00. The highest BCUT2D eigenvalue weighted by molar-refractivity contribution is 5.69. The van der Waals surface area contributed by atoms with Crippen LogP contribution in [-0.4, -0.2) is 42.7 Å². The van der Waals surface area contributed by atoms with E-state index in [-0.39, 0.29) is 23.5 Å². The zero-order valence-electron chi connectivity index (χ0n) is 19.2. The summed E-state index contributed by atoms with van der Waals surface area (Å²) in [6.07, 6.45) is 0.342. The highest BCUT2D eigenvalue weighted by atomic mass is 19.3. The van der Waals surface area contributed by atoms with Crippen molar-refractivity contribution in [3.05, 3.63) is 94.8 Å². The van der Waals surface area contributed by atoms with Crippen LogP contribution in [0.5, 0.6) is 11.5 Å². The molecular formula is C27H26F3NO4. The molecule has 0 radical (unpaired) electrons. The zero-order chi connectivity index (χ0) is 25.0. The summed E-state index contributed by atoms with van der Waals surface area (Å²) < 4.78 is 55.7. The predicted octanol–water partition coefficient (Wildman–Crippen LogP) is 5.43. The van der Waals surface area contributed by atoms with Crippen LogP contribution in [0.1, 0.15) is 34.8 Å².